The first-order chi connectivity index (χ1) is 10.4. The number of hydrazone groups is 1. The number of rotatable bonds is 3. The minimum absolute atomic E-state index is 0.106. The summed E-state index contributed by atoms with van der Waals surface area (Å²) in [5, 5.41) is 4.20. The van der Waals surface area contributed by atoms with Crippen molar-refractivity contribution in [3.8, 4) is 0 Å². The Morgan fingerprint density at radius 3 is 2.45 bits per heavy atom. The van der Waals surface area contributed by atoms with E-state index in [9.17, 15) is 4.79 Å². The van der Waals surface area contributed by atoms with Crippen molar-refractivity contribution in [2.24, 2.45) is 22.9 Å². The first-order valence-corrected chi connectivity index (χ1v) is 8.37. The second-order valence-electron chi connectivity index (χ2n) is 7.89. The number of benzene rings is 1. The maximum absolute atomic E-state index is 12.1. The van der Waals surface area contributed by atoms with Gasteiger partial charge in [0.05, 0.1) is 0 Å². The van der Waals surface area contributed by atoms with E-state index in [0.717, 1.165) is 11.8 Å². The quantitative estimate of drug-likeness (QED) is 0.661. The van der Waals surface area contributed by atoms with Gasteiger partial charge in [0.15, 0.2) is 0 Å². The fourth-order valence-corrected chi connectivity index (χ4v) is 3.85. The zero-order valence-corrected chi connectivity index (χ0v) is 13.8. The van der Waals surface area contributed by atoms with Gasteiger partial charge in [0.1, 0.15) is 0 Å². The predicted molar refractivity (Wildman–Crippen MR) is 90.0 cm³/mol. The Labute approximate surface area is 133 Å². The number of hydrogen-bond donors (Lipinski definition) is 1. The fraction of sp³-hybridized carbons (Fsp3) is 0.579. The summed E-state index contributed by atoms with van der Waals surface area (Å²) in [6.45, 7) is 6.51. The molecule has 2 aliphatic carbocycles. The van der Waals surface area contributed by atoms with Crippen molar-refractivity contribution in [2.75, 3.05) is 0 Å². The molecular weight excluding hydrogens is 272 g/mol. The topological polar surface area (TPSA) is 41.5 Å². The van der Waals surface area contributed by atoms with Gasteiger partial charge < -0.3 is 0 Å². The molecule has 2 saturated carbocycles. The molecule has 2 aliphatic rings. The van der Waals surface area contributed by atoms with E-state index in [-0.39, 0.29) is 11.3 Å². The molecule has 1 aromatic rings. The highest BCUT2D eigenvalue weighted by Crippen LogP contribution is 2.47. The van der Waals surface area contributed by atoms with E-state index in [2.05, 4.69) is 31.3 Å². The SMILES string of the molecule is CC(C)(C)c1ccc(C(=O)N/N=C/C2CC3CCC2C3)cc1. The summed E-state index contributed by atoms with van der Waals surface area (Å²) in [7, 11) is 0. The first kappa shape index (κ1) is 15.3. The van der Waals surface area contributed by atoms with Gasteiger partial charge in [0.2, 0.25) is 0 Å². The molecule has 1 aromatic carbocycles. The maximum Gasteiger partial charge on any atom is 0.271 e. The second kappa shape index (κ2) is 5.86. The normalized spacial score (nSPS) is 27.5. The average Bonchev–Trinajstić information content (AvgIpc) is 3.09. The molecule has 3 unspecified atom stereocenters. The summed E-state index contributed by atoms with van der Waals surface area (Å²) < 4.78 is 0. The molecule has 22 heavy (non-hydrogen) atoms. The van der Waals surface area contributed by atoms with Crippen molar-refractivity contribution in [3.63, 3.8) is 0 Å². The predicted octanol–water partition coefficient (Wildman–Crippen LogP) is 4.14. The third kappa shape index (κ3) is 3.23. The molecule has 0 aromatic heterocycles. The van der Waals surface area contributed by atoms with Crippen molar-refractivity contribution in [1.29, 1.82) is 0 Å². The van der Waals surface area contributed by atoms with E-state index in [1.165, 1.54) is 31.2 Å². The minimum atomic E-state index is -0.125. The van der Waals surface area contributed by atoms with E-state index >= 15 is 0 Å². The van der Waals surface area contributed by atoms with E-state index in [1.54, 1.807) is 0 Å². The van der Waals surface area contributed by atoms with E-state index in [4.69, 9.17) is 0 Å². The molecule has 3 heteroatoms. The maximum atomic E-state index is 12.1. The van der Waals surface area contributed by atoms with Gasteiger partial charge in [-0.05, 0) is 60.1 Å². The van der Waals surface area contributed by atoms with Crippen molar-refractivity contribution in [3.05, 3.63) is 35.4 Å². The van der Waals surface area contributed by atoms with Crippen molar-refractivity contribution >= 4 is 12.1 Å². The molecule has 3 atom stereocenters. The molecule has 2 fully saturated rings. The molecule has 3 rings (SSSR count). The molecule has 0 radical (unpaired) electrons. The third-order valence-electron chi connectivity index (χ3n) is 5.24. The zero-order chi connectivity index (χ0) is 15.7. The standard InChI is InChI=1S/C19H26N2O/c1-19(2,3)17-8-6-14(7-9-17)18(22)21-20-12-16-11-13-4-5-15(16)10-13/h6-9,12-13,15-16H,4-5,10-11H2,1-3H3,(H,21,22)/b20-12+. The van der Waals surface area contributed by atoms with Gasteiger partial charge in [-0.25, -0.2) is 5.43 Å². The van der Waals surface area contributed by atoms with Crippen molar-refractivity contribution in [2.45, 2.75) is 51.9 Å². The van der Waals surface area contributed by atoms with Gasteiger partial charge in [0, 0.05) is 11.8 Å². The largest absolute Gasteiger partial charge is 0.271 e. The van der Waals surface area contributed by atoms with Gasteiger partial charge in [0.25, 0.3) is 5.91 Å². The summed E-state index contributed by atoms with van der Waals surface area (Å²) in [5.41, 5.74) is 4.68. The lowest BCUT2D eigenvalue weighted by molar-refractivity contribution is 0.0954. The lowest BCUT2D eigenvalue weighted by Crippen LogP contribution is -2.20. The summed E-state index contributed by atoms with van der Waals surface area (Å²) in [4.78, 5) is 12.1. The highest BCUT2D eigenvalue weighted by atomic mass is 16.2. The Bertz CT molecular complexity index is 568. The number of nitrogens with zero attached hydrogens (tertiary/aromatic N) is 1. The number of carbonyl (C=O) groups excluding carboxylic acids is 1. The van der Waals surface area contributed by atoms with Crippen LogP contribution in [0.2, 0.25) is 0 Å². The molecule has 118 valence electrons. The van der Waals surface area contributed by atoms with Gasteiger partial charge >= 0.3 is 0 Å². The van der Waals surface area contributed by atoms with Crippen LogP contribution < -0.4 is 5.43 Å². The molecule has 1 N–H and O–H groups in total. The van der Waals surface area contributed by atoms with Crippen LogP contribution in [0.15, 0.2) is 29.4 Å². The second-order valence-corrected chi connectivity index (χ2v) is 7.89. The van der Waals surface area contributed by atoms with Crippen molar-refractivity contribution < 1.29 is 4.79 Å². The van der Waals surface area contributed by atoms with Gasteiger partial charge in [-0.3, -0.25) is 4.79 Å². The molecule has 1 amide bonds. The zero-order valence-electron chi connectivity index (χ0n) is 13.8. The van der Waals surface area contributed by atoms with Crippen LogP contribution in [0.5, 0.6) is 0 Å². The van der Waals surface area contributed by atoms with Crippen molar-refractivity contribution in [1.82, 2.24) is 5.43 Å². The number of hydrogen-bond acceptors (Lipinski definition) is 2. The van der Waals surface area contributed by atoms with Crippen LogP contribution in [-0.2, 0) is 5.41 Å². The lowest BCUT2D eigenvalue weighted by Gasteiger charge is -2.19. The highest BCUT2D eigenvalue weighted by molar-refractivity contribution is 5.94. The molecule has 3 nitrogen and oxygen atoms in total. The fourth-order valence-electron chi connectivity index (χ4n) is 3.85. The molecule has 0 saturated heterocycles. The Morgan fingerprint density at radius 2 is 1.91 bits per heavy atom. The smallest absolute Gasteiger partial charge is 0.267 e. The monoisotopic (exact) mass is 298 g/mol. The molecule has 0 spiro atoms. The van der Waals surface area contributed by atoms with Crippen LogP contribution in [0, 0.1) is 17.8 Å². The van der Waals surface area contributed by atoms with Crippen LogP contribution in [0.4, 0.5) is 0 Å². The van der Waals surface area contributed by atoms with Gasteiger partial charge in [-0.1, -0.05) is 39.3 Å². The van der Waals surface area contributed by atoms with Gasteiger partial charge in [-0.15, -0.1) is 0 Å². The lowest BCUT2D eigenvalue weighted by atomic mass is 9.87. The van der Waals surface area contributed by atoms with Crippen LogP contribution >= 0.6 is 0 Å². The average molecular weight is 298 g/mol. The van der Waals surface area contributed by atoms with Crippen LogP contribution in [0.1, 0.15) is 62.4 Å². The molecular formula is C19H26N2O. The first-order valence-electron chi connectivity index (χ1n) is 8.37. The minimum Gasteiger partial charge on any atom is -0.267 e. The molecule has 0 heterocycles. The Kier molecular flexibility index (Phi) is 4.07. The number of fused-ring (bicyclic) bond motifs is 2. The molecule has 0 aliphatic heterocycles. The number of amides is 1. The van der Waals surface area contributed by atoms with E-state index in [1.807, 2.05) is 30.5 Å². The summed E-state index contributed by atoms with van der Waals surface area (Å²) in [5.74, 6) is 2.15. The van der Waals surface area contributed by atoms with E-state index < -0.39 is 0 Å². The van der Waals surface area contributed by atoms with Crippen LogP contribution in [-0.4, -0.2) is 12.1 Å². The Morgan fingerprint density at radius 1 is 1.18 bits per heavy atom. The summed E-state index contributed by atoms with van der Waals surface area (Å²) >= 11 is 0. The van der Waals surface area contributed by atoms with Gasteiger partial charge in [-0.2, -0.15) is 5.10 Å². The highest BCUT2D eigenvalue weighted by Gasteiger charge is 2.38. The number of carbonyl (C=O) groups is 1. The Hall–Kier alpha value is -1.64. The summed E-state index contributed by atoms with van der Waals surface area (Å²) in [6.07, 6.45) is 7.31. The van der Waals surface area contributed by atoms with Crippen LogP contribution in [0.25, 0.3) is 0 Å². The van der Waals surface area contributed by atoms with Crippen LogP contribution in [0.3, 0.4) is 0 Å². The molecule has 2 bridgehead atoms. The third-order valence-corrected chi connectivity index (χ3v) is 5.24. The summed E-state index contributed by atoms with van der Waals surface area (Å²) in [6, 6.07) is 7.80. The Balaban J connectivity index is 1.56. The number of nitrogens with one attached hydrogen (secondary N) is 1. The van der Waals surface area contributed by atoms with E-state index in [0.29, 0.717) is 11.5 Å².